The van der Waals surface area contributed by atoms with Crippen LogP contribution in [0.4, 0.5) is 0 Å². The molecule has 0 unspecified atom stereocenters. The zero-order valence-corrected chi connectivity index (χ0v) is 15.8. The number of hydrogen-bond donors (Lipinski definition) is 2. The number of aryl methyl sites for hydroxylation is 2. The Hall–Kier alpha value is -2.34. The molecule has 2 N–H and O–H groups in total. The normalized spacial score (nSPS) is 21.9. The average Bonchev–Trinajstić information content (AvgIpc) is 3.21. The number of nitrogens with one attached hydrogen (secondary N) is 1. The van der Waals surface area contributed by atoms with Gasteiger partial charge in [-0.3, -0.25) is 4.79 Å². The van der Waals surface area contributed by atoms with Crippen molar-refractivity contribution in [3.63, 3.8) is 0 Å². The second-order valence-electron chi connectivity index (χ2n) is 7.70. The van der Waals surface area contributed by atoms with Gasteiger partial charge in [0.15, 0.2) is 0 Å². The van der Waals surface area contributed by atoms with Gasteiger partial charge >= 0.3 is 0 Å². The quantitative estimate of drug-likeness (QED) is 0.817. The van der Waals surface area contributed by atoms with Gasteiger partial charge in [0.25, 0.3) is 0 Å². The highest BCUT2D eigenvalue weighted by Gasteiger charge is 2.36. The molecule has 2 heterocycles. The van der Waals surface area contributed by atoms with Gasteiger partial charge in [0.1, 0.15) is 11.5 Å². The van der Waals surface area contributed by atoms with E-state index in [0.717, 1.165) is 54.2 Å². The first-order valence-electron chi connectivity index (χ1n) is 9.66. The first-order chi connectivity index (χ1) is 13.0. The summed E-state index contributed by atoms with van der Waals surface area (Å²) in [5.41, 5.74) is 4.15. The van der Waals surface area contributed by atoms with Gasteiger partial charge in [0.05, 0.1) is 24.4 Å². The molecule has 1 amide bonds. The van der Waals surface area contributed by atoms with E-state index in [4.69, 9.17) is 9.26 Å². The average molecular weight is 370 g/mol. The molecule has 1 aliphatic carbocycles. The third kappa shape index (κ3) is 3.72. The molecular formula is C21H26N2O4. The predicted octanol–water partition coefficient (Wildman–Crippen LogP) is 2.79. The Morgan fingerprint density at radius 2 is 2.19 bits per heavy atom. The lowest BCUT2D eigenvalue weighted by Crippen LogP contribution is -2.41. The van der Waals surface area contributed by atoms with Crippen LogP contribution < -0.4 is 10.1 Å². The minimum atomic E-state index is -0.255. The molecule has 1 atom stereocenters. The van der Waals surface area contributed by atoms with Crippen molar-refractivity contribution in [2.24, 2.45) is 5.92 Å². The Morgan fingerprint density at radius 3 is 2.89 bits per heavy atom. The maximum Gasteiger partial charge on any atom is 0.220 e. The highest BCUT2D eigenvalue weighted by Crippen LogP contribution is 2.39. The van der Waals surface area contributed by atoms with Crippen molar-refractivity contribution in [2.75, 3.05) is 6.61 Å². The van der Waals surface area contributed by atoms with E-state index in [0.29, 0.717) is 12.8 Å². The maximum atomic E-state index is 12.7. The van der Waals surface area contributed by atoms with E-state index in [2.05, 4.69) is 16.5 Å². The first kappa shape index (κ1) is 18.0. The number of nitrogens with zero attached hydrogens (tertiary/aromatic N) is 1. The Labute approximate surface area is 158 Å². The maximum absolute atomic E-state index is 12.7. The number of carbonyl (C=O) groups is 1. The van der Waals surface area contributed by atoms with Crippen molar-refractivity contribution in [1.82, 2.24) is 10.5 Å². The van der Waals surface area contributed by atoms with Gasteiger partial charge in [-0.15, -0.1) is 0 Å². The van der Waals surface area contributed by atoms with Crippen LogP contribution in [0.25, 0.3) is 0 Å². The number of rotatable bonds is 6. The third-order valence-electron chi connectivity index (χ3n) is 5.79. The molecule has 2 aliphatic rings. The predicted molar refractivity (Wildman–Crippen MR) is 99.6 cm³/mol. The minimum absolute atomic E-state index is 0.0122. The molecule has 2 aromatic rings. The number of benzene rings is 1. The molecule has 1 aromatic heterocycles. The van der Waals surface area contributed by atoms with Crippen molar-refractivity contribution >= 4 is 5.91 Å². The van der Waals surface area contributed by atoms with Crippen LogP contribution in [0.2, 0.25) is 0 Å². The van der Waals surface area contributed by atoms with Gasteiger partial charge in [-0.1, -0.05) is 11.2 Å². The molecule has 6 nitrogen and oxygen atoms in total. The summed E-state index contributed by atoms with van der Waals surface area (Å²) in [5.74, 6) is 2.00. The van der Waals surface area contributed by atoms with E-state index in [1.54, 1.807) is 0 Å². The first-order valence-corrected chi connectivity index (χ1v) is 9.66. The van der Waals surface area contributed by atoms with Crippen molar-refractivity contribution in [3.8, 4) is 5.75 Å². The van der Waals surface area contributed by atoms with Crippen molar-refractivity contribution < 1.29 is 19.2 Å². The molecule has 1 aromatic carbocycles. The molecule has 1 aliphatic heterocycles. The lowest BCUT2D eigenvalue weighted by atomic mass is 9.74. The SMILES string of the molecule is Cc1noc(C)c1CCC(=O)N[C@H](c1ccc2c(c1)CCO2)C1CC(O)C1. The highest BCUT2D eigenvalue weighted by atomic mass is 16.5. The topological polar surface area (TPSA) is 84.6 Å². The monoisotopic (exact) mass is 370 g/mol. The van der Waals surface area contributed by atoms with Crippen molar-refractivity contribution in [3.05, 3.63) is 46.3 Å². The molecule has 1 saturated carbocycles. The zero-order chi connectivity index (χ0) is 19.0. The largest absolute Gasteiger partial charge is 0.493 e. The van der Waals surface area contributed by atoms with Crippen LogP contribution >= 0.6 is 0 Å². The molecule has 4 rings (SSSR count). The summed E-state index contributed by atoms with van der Waals surface area (Å²) in [6.45, 7) is 4.49. The molecule has 0 radical (unpaired) electrons. The van der Waals surface area contributed by atoms with Crippen LogP contribution in [-0.4, -0.2) is 28.9 Å². The number of aliphatic hydroxyl groups is 1. The summed E-state index contributed by atoms with van der Waals surface area (Å²) < 4.78 is 10.8. The number of ether oxygens (including phenoxy) is 1. The summed E-state index contributed by atoms with van der Waals surface area (Å²) in [6, 6.07) is 6.10. The molecule has 1 fully saturated rings. The molecule has 27 heavy (non-hydrogen) atoms. The lowest BCUT2D eigenvalue weighted by molar-refractivity contribution is -0.123. The number of aromatic nitrogens is 1. The van der Waals surface area contributed by atoms with Crippen LogP contribution in [0.3, 0.4) is 0 Å². The second kappa shape index (κ2) is 7.35. The summed E-state index contributed by atoms with van der Waals surface area (Å²) >= 11 is 0. The molecular weight excluding hydrogens is 344 g/mol. The van der Waals surface area contributed by atoms with E-state index < -0.39 is 0 Å². The van der Waals surface area contributed by atoms with Gasteiger partial charge in [0, 0.05) is 18.4 Å². The number of fused-ring (bicyclic) bond motifs is 1. The van der Waals surface area contributed by atoms with Crippen LogP contribution in [-0.2, 0) is 17.6 Å². The van der Waals surface area contributed by atoms with Gasteiger partial charge < -0.3 is 19.7 Å². The third-order valence-corrected chi connectivity index (χ3v) is 5.79. The summed E-state index contributed by atoms with van der Waals surface area (Å²) in [7, 11) is 0. The van der Waals surface area contributed by atoms with E-state index in [9.17, 15) is 9.90 Å². The summed E-state index contributed by atoms with van der Waals surface area (Å²) in [6.07, 6.45) is 3.11. The van der Waals surface area contributed by atoms with E-state index in [1.165, 1.54) is 5.56 Å². The zero-order valence-electron chi connectivity index (χ0n) is 15.8. The molecule has 144 valence electrons. The van der Waals surface area contributed by atoms with E-state index in [-0.39, 0.29) is 24.0 Å². The Morgan fingerprint density at radius 1 is 1.37 bits per heavy atom. The van der Waals surface area contributed by atoms with E-state index in [1.807, 2.05) is 26.0 Å². The lowest BCUT2D eigenvalue weighted by Gasteiger charge is -2.38. The van der Waals surface area contributed by atoms with Gasteiger partial charge in [-0.05, 0) is 62.3 Å². The van der Waals surface area contributed by atoms with Gasteiger partial charge in [-0.25, -0.2) is 0 Å². The Balaban J connectivity index is 1.45. The minimum Gasteiger partial charge on any atom is -0.493 e. The fourth-order valence-corrected chi connectivity index (χ4v) is 4.12. The van der Waals surface area contributed by atoms with Crippen LogP contribution in [0.15, 0.2) is 22.7 Å². The van der Waals surface area contributed by atoms with Crippen LogP contribution in [0, 0.1) is 19.8 Å². The van der Waals surface area contributed by atoms with Crippen LogP contribution in [0.5, 0.6) is 5.75 Å². The number of aliphatic hydroxyl groups excluding tert-OH is 1. The molecule has 0 saturated heterocycles. The summed E-state index contributed by atoms with van der Waals surface area (Å²) in [4.78, 5) is 12.7. The standard InChI is InChI=1S/C21H26N2O4/c1-12-18(13(2)27-23-12)4-6-20(25)22-21(16-10-17(24)11-16)15-3-5-19-14(9-15)7-8-26-19/h3,5,9,16-17,21,24H,4,6-8,10-11H2,1-2H3,(H,22,25)/t16?,17?,21-/m1/s1. The smallest absolute Gasteiger partial charge is 0.220 e. The Bertz CT molecular complexity index is 819. The van der Waals surface area contributed by atoms with Gasteiger partial charge in [-0.2, -0.15) is 0 Å². The fraction of sp³-hybridized carbons (Fsp3) is 0.524. The molecule has 6 heteroatoms. The summed E-state index contributed by atoms with van der Waals surface area (Å²) in [5, 5.41) is 16.9. The number of carbonyl (C=O) groups excluding carboxylic acids is 1. The van der Waals surface area contributed by atoms with Gasteiger partial charge in [0.2, 0.25) is 5.91 Å². The highest BCUT2D eigenvalue weighted by molar-refractivity contribution is 5.77. The molecule has 0 spiro atoms. The van der Waals surface area contributed by atoms with Crippen molar-refractivity contribution in [2.45, 2.75) is 58.1 Å². The Kier molecular flexibility index (Phi) is 4.91. The van der Waals surface area contributed by atoms with E-state index >= 15 is 0 Å². The molecule has 0 bridgehead atoms. The van der Waals surface area contributed by atoms with Crippen LogP contribution in [0.1, 0.15) is 53.4 Å². The number of amides is 1. The van der Waals surface area contributed by atoms with Crippen molar-refractivity contribution in [1.29, 1.82) is 0 Å². The number of hydrogen-bond acceptors (Lipinski definition) is 5. The fourth-order valence-electron chi connectivity index (χ4n) is 4.12. The second-order valence-corrected chi connectivity index (χ2v) is 7.70.